The number of anilines is 2. The first-order chi connectivity index (χ1) is 7.98. The molecule has 1 aliphatic rings. The number of para-hydroxylation sites is 1. The third-order valence-corrected chi connectivity index (χ3v) is 3.41. The minimum atomic E-state index is -0.0774. The summed E-state index contributed by atoms with van der Waals surface area (Å²) in [6.45, 7) is 4.99. The lowest BCUT2D eigenvalue weighted by atomic mass is 9.93. The molecule has 1 saturated heterocycles. The molecule has 0 radical (unpaired) electrons. The van der Waals surface area contributed by atoms with E-state index < -0.39 is 0 Å². The summed E-state index contributed by atoms with van der Waals surface area (Å²) in [5.41, 5.74) is 7.39. The normalized spacial score (nSPS) is 23.4. The molecule has 2 rings (SSSR count). The lowest BCUT2D eigenvalue weighted by Gasteiger charge is -2.36. The van der Waals surface area contributed by atoms with E-state index in [0.29, 0.717) is 16.8 Å². The molecule has 1 heterocycles. The topological polar surface area (TPSA) is 47.3 Å². The van der Waals surface area contributed by atoms with E-state index in [4.69, 9.17) is 22.1 Å². The molecule has 1 aromatic carbocycles. The summed E-state index contributed by atoms with van der Waals surface area (Å²) < 4.78 is 5.69. The van der Waals surface area contributed by atoms with E-state index in [9.17, 15) is 0 Å². The monoisotopic (exact) mass is 254 g/mol. The summed E-state index contributed by atoms with van der Waals surface area (Å²) in [5, 5.41) is 4.11. The van der Waals surface area contributed by atoms with Crippen LogP contribution in [-0.2, 0) is 4.74 Å². The Balaban J connectivity index is 2.10. The van der Waals surface area contributed by atoms with E-state index in [2.05, 4.69) is 19.2 Å². The zero-order chi connectivity index (χ0) is 12.5. The van der Waals surface area contributed by atoms with Gasteiger partial charge in [-0.15, -0.1) is 0 Å². The second-order valence-corrected chi connectivity index (χ2v) is 5.55. The fraction of sp³-hybridized carbons (Fsp3) is 0.538. The largest absolute Gasteiger partial charge is 0.397 e. The Bertz CT molecular complexity index is 386. The lowest BCUT2D eigenvalue weighted by molar-refractivity contribution is -0.0553. The van der Waals surface area contributed by atoms with Crippen LogP contribution in [0.15, 0.2) is 18.2 Å². The van der Waals surface area contributed by atoms with Crippen LogP contribution < -0.4 is 11.1 Å². The Morgan fingerprint density at radius 2 is 2.24 bits per heavy atom. The molecular formula is C13H19ClN2O. The summed E-state index contributed by atoms with van der Waals surface area (Å²) in [4.78, 5) is 0. The number of nitrogens with one attached hydrogen (secondary N) is 1. The van der Waals surface area contributed by atoms with Crippen LogP contribution in [0, 0.1) is 0 Å². The molecule has 0 amide bonds. The summed E-state index contributed by atoms with van der Waals surface area (Å²) in [6.07, 6.45) is 1.94. The molecule has 1 unspecified atom stereocenters. The second kappa shape index (κ2) is 4.75. The summed E-state index contributed by atoms with van der Waals surface area (Å²) in [5.74, 6) is 0. The average Bonchev–Trinajstić information content (AvgIpc) is 2.22. The number of halogens is 1. The molecule has 1 fully saturated rings. The van der Waals surface area contributed by atoms with Crippen LogP contribution in [0.3, 0.4) is 0 Å². The number of benzene rings is 1. The van der Waals surface area contributed by atoms with Crippen molar-refractivity contribution < 1.29 is 4.74 Å². The molecule has 4 heteroatoms. The van der Waals surface area contributed by atoms with Crippen molar-refractivity contribution in [1.29, 1.82) is 0 Å². The van der Waals surface area contributed by atoms with Gasteiger partial charge >= 0.3 is 0 Å². The molecule has 94 valence electrons. The average molecular weight is 255 g/mol. The third kappa shape index (κ3) is 3.05. The first-order valence-corrected chi connectivity index (χ1v) is 6.30. The molecule has 0 spiro atoms. The van der Waals surface area contributed by atoms with E-state index in [1.165, 1.54) is 0 Å². The molecule has 1 aliphatic heterocycles. The molecule has 17 heavy (non-hydrogen) atoms. The van der Waals surface area contributed by atoms with Gasteiger partial charge in [0.05, 0.1) is 22.0 Å². The molecule has 1 aromatic rings. The Labute approximate surface area is 107 Å². The van der Waals surface area contributed by atoms with E-state index >= 15 is 0 Å². The van der Waals surface area contributed by atoms with Crippen LogP contribution >= 0.6 is 11.6 Å². The number of nitrogen functional groups attached to an aromatic ring is 1. The number of rotatable bonds is 2. The van der Waals surface area contributed by atoms with Gasteiger partial charge in [-0.25, -0.2) is 0 Å². The molecule has 0 aromatic heterocycles. The highest BCUT2D eigenvalue weighted by atomic mass is 35.5. The van der Waals surface area contributed by atoms with Crippen molar-refractivity contribution in [3.63, 3.8) is 0 Å². The molecule has 1 atom stereocenters. The quantitative estimate of drug-likeness (QED) is 0.797. The van der Waals surface area contributed by atoms with Gasteiger partial charge in [0.2, 0.25) is 0 Å². The van der Waals surface area contributed by atoms with Crippen molar-refractivity contribution in [3.05, 3.63) is 23.2 Å². The summed E-state index contributed by atoms with van der Waals surface area (Å²) in [7, 11) is 0. The zero-order valence-electron chi connectivity index (χ0n) is 10.3. The first kappa shape index (κ1) is 12.5. The van der Waals surface area contributed by atoms with E-state index in [1.807, 2.05) is 18.2 Å². The van der Waals surface area contributed by atoms with Gasteiger partial charge in [-0.2, -0.15) is 0 Å². The molecule has 0 aliphatic carbocycles. The van der Waals surface area contributed by atoms with Crippen LogP contribution in [0.5, 0.6) is 0 Å². The Kier molecular flexibility index (Phi) is 3.50. The van der Waals surface area contributed by atoms with Gasteiger partial charge in [0.1, 0.15) is 0 Å². The van der Waals surface area contributed by atoms with Crippen molar-refractivity contribution >= 4 is 23.0 Å². The number of hydrogen-bond acceptors (Lipinski definition) is 3. The SMILES string of the molecule is CC1(C)CC(Nc2c(N)cccc2Cl)CCO1. The predicted molar refractivity (Wildman–Crippen MR) is 72.5 cm³/mol. The van der Waals surface area contributed by atoms with Gasteiger partial charge < -0.3 is 15.8 Å². The van der Waals surface area contributed by atoms with E-state index in [1.54, 1.807) is 0 Å². The second-order valence-electron chi connectivity index (χ2n) is 5.15. The summed E-state index contributed by atoms with van der Waals surface area (Å²) >= 11 is 6.15. The van der Waals surface area contributed by atoms with Gasteiger partial charge in [-0.1, -0.05) is 17.7 Å². The van der Waals surface area contributed by atoms with E-state index in [-0.39, 0.29) is 5.60 Å². The minimum absolute atomic E-state index is 0.0774. The molecule has 0 bridgehead atoms. The Hall–Kier alpha value is -0.930. The maximum absolute atomic E-state index is 6.15. The highest BCUT2D eigenvalue weighted by molar-refractivity contribution is 6.33. The minimum Gasteiger partial charge on any atom is -0.397 e. The Morgan fingerprint density at radius 1 is 1.47 bits per heavy atom. The number of ether oxygens (including phenoxy) is 1. The van der Waals surface area contributed by atoms with Crippen LogP contribution in [0.2, 0.25) is 5.02 Å². The van der Waals surface area contributed by atoms with Crippen molar-refractivity contribution in [2.24, 2.45) is 0 Å². The van der Waals surface area contributed by atoms with Gasteiger partial charge in [0.25, 0.3) is 0 Å². The van der Waals surface area contributed by atoms with E-state index in [0.717, 1.165) is 25.1 Å². The summed E-state index contributed by atoms with van der Waals surface area (Å²) in [6, 6.07) is 5.93. The molecule has 3 N–H and O–H groups in total. The van der Waals surface area contributed by atoms with Crippen molar-refractivity contribution in [2.75, 3.05) is 17.7 Å². The van der Waals surface area contributed by atoms with Crippen LogP contribution in [0.1, 0.15) is 26.7 Å². The van der Waals surface area contributed by atoms with Gasteiger partial charge in [-0.05, 0) is 38.8 Å². The molecule has 0 saturated carbocycles. The number of hydrogen-bond donors (Lipinski definition) is 2. The van der Waals surface area contributed by atoms with Crippen LogP contribution in [0.4, 0.5) is 11.4 Å². The maximum Gasteiger partial charge on any atom is 0.0765 e. The van der Waals surface area contributed by atoms with Crippen LogP contribution in [-0.4, -0.2) is 18.2 Å². The highest BCUT2D eigenvalue weighted by Gasteiger charge is 2.29. The van der Waals surface area contributed by atoms with Crippen LogP contribution in [0.25, 0.3) is 0 Å². The fourth-order valence-corrected chi connectivity index (χ4v) is 2.49. The third-order valence-electron chi connectivity index (χ3n) is 3.09. The first-order valence-electron chi connectivity index (χ1n) is 5.92. The molecular weight excluding hydrogens is 236 g/mol. The van der Waals surface area contributed by atoms with Crippen molar-refractivity contribution in [2.45, 2.75) is 38.3 Å². The van der Waals surface area contributed by atoms with Crippen molar-refractivity contribution in [1.82, 2.24) is 0 Å². The van der Waals surface area contributed by atoms with Gasteiger partial charge in [0.15, 0.2) is 0 Å². The smallest absolute Gasteiger partial charge is 0.0765 e. The standard InChI is InChI=1S/C13H19ClN2O/c1-13(2)8-9(6-7-17-13)16-12-10(14)4-3-5-11(12)15/h3-5,9,16H,6-8,15H2,1-2H3. The van der Waals surface area contributed by atoms with Crippen molar-refractivity contribution in [3.8, 4) is 0 Å². The lowest BCUT2D eigenvalue weighted by Crippen LogP contribution is -2.40. The predicted octanol–water partition coefficient (Wildman–Crippen LogP) is 3.29. The highest BCUT2D eigenvalue weighted by Crippen LogP contribution is 2.32. The number of nitrogens with two attached hydrogens (primary N) is 1. The zero-order valence-corrected chi connectivity index (χ0v) is 11.1. The fourth-order valence-electron chi connectivity index (χ4n) is 2.25. The van der Waals surface area contributed by atoms with Gasteiger partial charge in [0, 0.05) is 12.6 Å². The molecule has 3 nitrogen and oxygen atoms in total. The Morgan fingerprint density at radius 3 is 2.88 bits per heavy atom. The maximum atomic E-state index is 6.15. The van der Waals surface area contributed by atoms with Gasteiger partial charge in [-0.3, -0.25) is 0 Å².